The van der Waals surface area contributed by atoms with Crippen LogP contribution in [-0.4, -0.2) is 65.5 Å². The van der Waals surface area contributed by atoms with Crippen LogP contribution in [0.25, 0.3) is 22.2 Å². The van der Waals surface area contributed by atoms with Gasteiger partial charge in [-0.1, -0.05) is 20.8 Å². The smallest absolute Gasteiger partial charge is 0.151 e. The maximum atomic E-state index is 9.99. The Hall–Kier alpha value is -2.78. The summed E-state index contributed by atoms with van der Waals surface area (Å²) in [4.78, 5) is 17.2. The van der Waals surface area contributed by atoms with Gasteiger partial charge in [0.05, 0.1) is 24.0 Å². The largest absolute Gasteiger partial charge is 0.393 e. The topological polar surface area (TPSA) is 118 Å². The molecule has 1 aliphatic carbocycles. The van der Waals surface area contributed by atoms with Gasteiger partial charge in [0.25, 0.3) is 0 Å². The summed E-state index contributed by atoms with van der Waals surface area (Å²) in [5.41, 5.74) is 10.4. The van der Waals surface area contributed by atoms with E-state index in [0.29, 0.717) is 35.4 Å². The molecule has 4 N–H and O–H groups in total. The molecule has 3 aromatic heterocycles. The Labute approximate surface area is 218 Å². The first kappa shape index (κ1) is 24.6. The minimum absolute atomic E-state index is 0.203. The Balaban J connectivity index is 1.30. The Bertz CT molecular complexity index is 1260. The van der Waals surface area contributed by atoms with Gasteiger partial charge in [-0.2, -0.15) is 5.10 Å². The number of aliphatic hydroxyl groups excluding tert-OH is 1. The number of hydrogen-bond acceptors (Lipinski definition) is 8. The Morgan fingerprint density at radius 2 is 1.81 bits per heavy atom. The summed E-state index contributed by atoms with van der Waals surface area (Å²) in [6.07, 6.45) is 13.8. The van der Waals surface area contributed by atoms with Crippen LogP contribution in [0, 0.1) is 5.92 Å². The van der Waals surface area contributed by atoms with Crippen molar-refractivity contribution >= 4 is 22.7 Å². The van der Waals surface area contributed by atoms with E-state index in [1.807, 2.05) is 6.20 Å². The van der Waals surface area contributed by atoms with Crippen LogP contribution in [0.15, 0.2) is 18.6 Å². The minimum atomic E-state index is -0.246. The quantitative estimate of drug-likeness (QED) is 0.439. The highest BCUT2D eigenvalue weighted by molar-refractivity contribution is 5.96. The fraction of sp³-hybridized carbons (Fsp3) is 0.643. The average Bonchev–Trinajstić information content (AvgIpc) is 3.57. The van der Waals surface area contributed by atoms with E-state index in [0.717, 1.165) is 66.7 Å². The van der Waals surface area contributed by atoms with E-state index in [9.17, 15) is 5.11 Å². The molecule has 0 radical (unpaired) electrons. The molecule has 198 valence electrons. The molecule has 3 aromatic rings. The van der Waals surface area contributed by atoms with Crippen molar-refractivity contribution in [1.82, 2.24) is 29.6 Å². The highest BCUT2D eigenvalue weighted by atomic mass is 16.3. The van der Waals surface area contributed by atoms with Crippen LogP contribution in [0.1, 0.15) is 77.5 Å². The van der Waals surface area contributed by atoms with Crippen molar-refractivity contribution in [2.24, 2.45) is 5.92 Å². The summed E-state index contributed by atoms with van der Waals surface area (Å²) in [7, 11) is 0. The van der Waals surface area contributed by atoms with Gasteiger partial charge in [-0.3, -0.25) is 9.58 Å². The third kappa shape index (κ3) is 4.68. The van der Waals surface area contributed by atoms with Gasteiger partial charge < -0.3 is 16.2 Å². The van der Waals surface area contributed by atoms with Crippen molar-refractivity contribution in [2.75, 3.05) is 17.6 Å². The number of anilines is 2. The molecule has 9 nitrogen and oxygen atoms in total. The first-order chi connectivity index (χ1) is 17.9. The summed E-state index contributed by atoms with van der Waals surface area (Å²) < 4.78 is 2.17. The number of nitrogen functional groups attached to an aromatic ring is 1. The highest BCUT2D eigenvalue weighted by Crippen LogP contribution is 2.41. The summed E-state index contributed by atoms with van der Waals surface area (Å²) in [6, 6.07) is 1.96. The molecule has 0 aromatic carbocycles. The second-order valence-corrected chi connectivity index (χ2v) is 11.7. The second kappa shape index (κ2) is 9.83. The molecule has 0 amide bonds. The van der Waals surface area contributed by atoms with E-state index in [-0.39, 0.29) is 12.1 Å². The molecule has 2 aliphatic heterocycles. The van der Waals surface area contributed by atoms with Crippen molar-refractivity contribution in [1.29, 1.82) is 0 Å². The lowest BCUT2D eigenvalue weighted by Gasteiger charge is -2.39. The van der Waals surface area contributed by atoms with Crippen LogP contribution in [0.4, 0.5) is 11.6 Å². The van der Waals surface area contributed by atoms with Crippen LogP contribution < -0.4 is 11.1 Å². The molecule has 3 aliphatic rings. The van der Waals surface area contributed by atoms with E-state index < -0.39 is 0 Å². The molecule has 6 rings (SSSR count). The van der Waals surface area contributed by atoms with E-state index in [4.69, 9.17) is 20.8 Å². The molecule has 9 heteroatoms. The predicted molar refractivity (Wildman–Crippen MR) is 146 cm³/mol. The Morgan fingerprint density at radius 3 is 2.49 bits per heavy atom. The number of aromatic nitrogens is 5. The minimum Gasteiger partial charge on any atom is -0.393 e. The van der Waals surface area contributed by atoms with Crippen molar-refractivity contribution in [3.05, 3.63) is 24.3 Å². The average molecular weight is 505 g/mol. The number of hydrogen-bond donors (Lipinski definition) is 3. The van der Waals surface area contributed by atoms with Gasteiger partial charge in [0.2, 0.25) is 0 Å². The van der Waals surface area contributed by atoms with Crippen LogP contribution in [-0.2, 0) is 6.42 Å². The molecule has 0 spiro atoms. The summed E-state index contributed by atoms with van der Waals surface area (Å²) in [6.45, 7) is 7.91. The molecule has 3 fully saturated rings. The predicted octanol–water partition coefficient (Wildman–Crippen LogP) is 4.18. The SMILES string of the molecule is CCc1nc2c(N)ncc(-c3cnn([C@@H]4C[C@H]5CC[C@@H](C4)N5CC(C)C)c3)c2nc1N[C@@H]1CC[C@H](O)C1. The summed E-state index contributed by atoms with van der Waals surface area (Å²) in [5, 5.41) is 18.4. The van der Waals surface area contributed by atoms with Crippen LogP contribution in [0.2, 0.25) is 0 Å². The zero-order valence-corrected chi connectivity index (χ0v) is 22.3. The standard InChI is InChI=1S/C28H40N8O/c1-4-24-28(32-18-5-8-22(37)9-18)34-25-23(13-30-27(29)26(25)33-24)17-12-31-36(15-17)21-10-19-6-7-20(11-21)35(19)14-16(2)3/h12-13,15-16,18-22,37H,4-11,14H2,1-3H3,(H2,29,30)(H,32,34)/t18-,19-,20+,21-,22+/m1/s1. The summed E-state index contributed by atoms with van der Waals surface area (Å²) in [5.74, 6) is 1.88. The third-order valence-electron chi connectivity index (χ3n) is 8.60. The number of nitrogens with two attached hydrogens (primary N) is 1. The molecule has 2 saturated heterocycles. The fourth-order valence-corrected chi connectivity index (χ4v) is 6.81. The van der Waals surface area contributed by atoms with Crippen LogP contribution in [0.3, 0.4) is 0 Å². The van der Waals surface area contributed by atoms with E-state index in [2.05, 4.69) is 46.9 Å². The number of rotatable bonds is 7. The number of nitrogens with zero attached hydrogens (tertiary/aromatic N) is 6. The number of fused-ring (bicyclic) bond motifs is 3. The Kier molecular flexibility index (Phi) is 6.52. The second-order valence-electron chi connectivity index (χ2n) is 11.7. The van der Waals surface area contributed by atoms with Crippen molar-refractivity contribution in [3.8, 4) is 11.1 Å². The molecular formula is C28H40N8O. The van der Waals surface area contributed by atoms with Crippen molar-refractivity contribution < 1.29 is 5.11 Å². The van der Waals surface area contributed by atoms with Crippen molar-refractivity contribution in [3.63, 3.8) is 0 Å². The van der Waals surface area contributed by atoms with Gasteiger partial charge >= 0.3 is 0 Å². The van der Waals surface area contributed by atoms with Gasteiger partial charge in [0.1, 0.15) is 16.9 Å². The van der Waals surface area contributed by atoms with Gasteiger partial charge in [0, 0.05) is 48.2 Å². The zero-order chi connectivity index (χ0) is 25.7. The first-order valence-corrected chi connectivity index (χ1v) is 14.1. The molecule has 37 heavy (non-hydrogen) atoms. The number of nitrogens with one attached hydrogen (secondary N) is 1. The van der Waals surface area contributed by atoms with E-state index in [1.54, 1.807) is 6.20 Å². The van der Waals surface area contributed by atoms with E-state index in [1.165, 1.54) is 19.4 Å². The lowest BCUT2D eigenvalue weighted by Crippen LogP contribution is -2.45. The molecule has 2 bridgehead atoms. The highest BCUT2D eigenvalue weighted by Gasteiger charge is 2.41. The molecule has 5 atom stereocenters. The maximum Gasteiger partial charge on any atom is 0.151 e. The van der Waals surface area contributed by atoms with Gasteiger partial charge in [0.15, 0.2) is 5.82 Å². The number of pyridine rings is 1. The maximum absolute atomic E-state index is 9.99. The van der Waals surface area contributed by atoms with Crippen molar-refractivity contribution in [2.45, 2.75) is 102 Å². The molecule has 1 saturated carbocycles. The zero-order valence-electron chi connectivity index (χ0n) is 22.3. The summed E-state index contributed by atoms with van der Waals surface area (Å²) >= 11 is 0. The monoisotopic (exact) mass is 504 g/mol. The number of aliphatic hydroxyl groups is 1. The molecule has 0 unspecified atom stereocenters. The van der Waals surface area contributed by atoms with Crippen LogP contribution >= 0.6 is 0 Å². The normalized spacial score (nSPS) is 28.0. The van der Waals surface area contributed by atoms with Gasteiger partial charge in [-0.05, 0) is 57.3 Å². The lowest BCUT2D eigenvalue weighted by atomic mass is 9.96. The molecule has 5 heterocycles. The molecular weight excluding hydrogens is 464 g/mol. The van der Waals surface area contributed by atoms with Gasteiger partial charge in [-0.25, -0.2) is 15.0 Å². The van der Waals surface area contributed by atoms with E-state index >= 15 is 0 Å². The number of piperidine rings is 1. The first-order valence-electron chi connectivity index (χ1n) is 14.1. The van der Waals surface area contributed by atoms with Gasteiger partial charge in [-0.15, -0.1) is 0 Å². The van der Waals surface area contributed by atoms with Crippen LogP contribution in [0.5, 0.6) is 0 Å². The Morgan fingerprint density at radius 1 is 1.03 bits per heavy atom. The third-order valence-corrected chi connectivity index (χ3v) is 8.60. The number of aryl methyl sites for hydroxylation is 1. The fourth-order valence-electron chi connectivity index (χ4n) is 6.81. The lowest BCUT2D eigenvalue weighted by molar-refractivity contribution is 0.0903.